The third-order valence-electron chi connectivity index (χ3n) is 5.71. The molecule has 0 spiro atoms. The van der Waals surface area contributed by atoms with Crippen molar-refractivity contribution >= 4 is 23.0 Å². The summed E-state index contributed by atoms with van der Waals surface area (Å²) in [6.07, 6.45) is 3.77. The molecule has 0 unspecified atom stereocenters. The van der Waals surface area contributed by atoms with E-state index in [1.165, 1.54) is 12.1 Å². The van der Waals surface area contributed by atoms with Gasteiger partial charge in [0.15, 0.2) is 5.11 Å². The summed E-state index contributed by atoms with van der Waals surface area (Å²) in [5.41, 5.74) is 3.73. The number of ether oxygens (including phenoxy) is 1. The predicted molar refractivity (Wildman–Crippen MR) is 131 cm³/mol. The number of pyridine rings is 1. The van der Waals surface area contributed by atoms with Crippen molar-refractivity contribution in [2.45, 2.75) is 19.0 Å². The Morgan fingerprint density at radius 2 is 1.73 bits per heavy atom. The van der Waals surface area contributed by atoms with Gasteiger partial charge in [-0.15, -0.1) is 0 Å². The molecule has 166 valence electrons. The van der Waals surface area contributed by atoms with Gasteiger partial charge in [-0.2, -0.15) is 0 Å². The van der Waals surface area contributed by atoms with Crippen molar-refractivity contribution in [3.63, 3.8) is 0 Å². The van der Waals surface area contributed by atoms with E-state index in [-0.39, 0.29) is 17.9 Å². The standard InChI is InChI=1S/C26H23FN4OS/c1-2-32-21-14-12-20(13-15-21)31-25(24(29-26(31)33)22-6-3-4-16-28-22)23-7-5-17-30(23)19-10-8-18(27)9-11-19/h3-17,24-25H,2H2,1H3,(H,29,33)/t24-,25+/m0/s1. The number of aromatic nitrogens is 2. The van der Waals surface area contributed by atoms with E-state index in [1.54, 1.807) is 18.3 Å². The zero-order chi connectivity index (χ0) is 22.8. The Hall–Kier alpha value is -3.71. The normalized spacial score (nSPS) is 17.8. The van der Waals surface area contributed by atoms with Crippen molar-refractivity contribution in [3.05, 3.63) is 108 Å². The molecule has 2 atom stereocenters. The highest BCUT2D eigenvalue weighted by Gasteiger charge is 2.42. The van der Waals surface area contributed by atoms with E-state index < -0.39 is 0 Å². The van der Waals surface area contributed by atoms with Crippen LogP contribution in [0.15, 0.2) is 91.3 Å². The number of benzene rings is 2. The molecule has 5 nitrogen and oxygen atoms in total. The van der Waals surface area contributed by atoms with E-state index in [2.05, 4.69) is 25.8 Å². The molecule has 33 heavy (non-hydrogen) atoms. The largest absolute Gasteiger partial charge is 0.494 e. The zero-order valence-corrected chi connectivity index (χ0v) is 18.9. The molecule has 1 aliphatic heterocycles. The Morgan fingerprint density at radius 3 is 2.42 bits per heavy atom. The van der Waals surface area contributed by atoms with Gasteiger partial charge in [0.1, 0.15) is 17.6 Å². The SMILES string of the molecule is CCOc1ccc(N2C(=S)N[C@@H](c3ccccn3)[C@H]2c2cccn2-c2ccc(F)cc2)cc1. The average Bonchev–Trinajstić information content (AvgIpc) is 3.45. The lowest BCUT2D eigenvalue weighted by atomic mass is 10.0. The molecule has 1 fully saturated rings. The van der Waals surface area contributed by atoms with Crippen molar-refractivity contribution in [3.8, 4) is 11.4 Å². The van der Waals surface area contributed by atoms with Gasteiger partial charge in [0, 0.05) is 29.5 Å². The monoisotopic (exact) mass is 458 g/mol. The molecule has 0 radical (unpaired) electrons. The number of thiocarbonyl (C=S) groups is 1. The molecular formula is C26H23FN4OS. The minimum Gasteiger partial charge on any atom is -0.494 e. The highest BCUT2D eigenvalue weighted by atomic mass is 32.1. The van der Waals surface area contributed by atoms with Crippen molar-refractivity contribution in [2.75, 3.05) is 11.5 Å². The maximum atomic E-state index is 13.6. The Labute approximate surface area is 197 Å². The number of anilines is 1. The van der Waals surface area contributed by atoms with Crippen molar-refractivity contribution in [1.29, 1.82) is 0 Å². The van der Waals surface area contributed by atoms with Gasteiger partial charge in [-0.05, 0) is 91.9 Å². The van der Waals surface area contributed by atoms with Crippen LogP contribution in [0.25, 0.3) is 5.69 Å². The van der Waals surface area contributed by atoms with Crippen molar-refractivity contribution < 1.29 is 9.13 Å². The minimum atomic E-state index is -0.265. The van der Waals surface area contributed by atoms with Crippen LogP contribution >= 0.6 is 12.2 Å². The molecule has 2 aromatic carbocycles. The second-order valence-electron chi connectivity index (χ2n) is 7.70. The molecule has 0 aliphatic carbocycles. The van der Waals surface area contributed by atoms with Gasteiger partial charge in [-0.25, -0.2) is 4.39 Å². The van der Waals surface area contributed by atoms with Crippen LogP contribution in [0.2, 0.25) is 0 Å². The summed E-state index contributed by atoms with van der Waals surface area (Å²) in [6, 6.07) is 24.0. The van der Waals surface area contributed by atoms with E-state index in [0.717, 1.165) is 28.5 Å². The molecule has 0 bridgehead atoms. The zero-order valence-electron chi connectivity index (χ0n) is 18.1. The number of rotatable bonds is 6. The van der Waals surface area contributed by atoms with E-state index in [4.69, 9.17) is 17.0 Å². The Kier molecular flexibility index (Phi) is 5.79. The molecule has 1 saturated heterocycles. The van der Waals surface area contributed by atoms with Gasteiger partial charge in [-0.1, -0.05) is 6.07 Å². The number of hydrogen-bond donors (Lipinski definition) is 1. The summed E-state index contributed by atoms with van der Waals surface area (Å²) < 4.78 is 21.3. The highest BCUT2D eigenvalue weighted by Crippen LogP contribution is 2.42. The first-order valence-corrected chi connectivity index (χ1v) is 11.2. The van der Waals surface area contributed by atoms with Crippen LogP contribution in [0, 0.1) is 5.82 Å². The quantitative estimate of drug-likeness (QED) is 0.382. The molecule has 4 aromatic rings. The van der Waals surface area contributed by atoms with Crippen LogP contribution in [0.5, 0.6) is 5.75 Å². The van der Waals surface area contributed by atoms with Gasteiger partial charge >= 0.3 is 0 Å². The Balaban J connectivity index is 1.62. The van der Waals surface area contributed by atoms with Crippen LogP contribution in [0.4, 0.5) is 10.1 Å². The topological polar surface area (TPSA) is 42.3 Å². The third kappa shape index (κ3) is 4.07. The third-order valence-corrected chi connectivity index (χ3v) is 6.03. The second-order valence-corrected chi connectivity index (χ2v) is 8.09. The summed E-state index contributed by atoms with van der Waals surface area (Å²) in [5.74, 6) is 0.547. The van der Waals surface area contributed by atoms with Gasteiger partial charge in [0.2, 0.25) is 0 Å². The van der Waals surface area contributed by atoms with Crippen molar-refractivity contribution in [2.24, 2.45) is 0 Å². The van der Waals surface area contributed by atoms with E-state index >= 15 is 0 Å². The smallest absolute Gasteiger partial charge is 0.174 e. The number of halogens is 1. The van der Waals surface area contributed by atoms with Crippen LogP contribution in [-0.2, 0) is 0 Å². The van der Waals surface area contributed by atoms with Gasteiger partial charge < -0.3 is 19.5 Å². The van der Waals surface area contributed by atoms with Gasteiger partial charge in [0.25, 0.3) is 0 Å². The lowest BCUT2D eigenvalue weighted by Gasteiger charge is -2.29. The molecule has 0 saturated carbocycles. The van der Waals surface area contributed by atoms with E-state index in [0.29, 0.717) is 11.7 Å². The lowest BCUT2D eigenvalue weighted by Crippen LogP contribution is -2.30. The maximum absolute atomic E-state index is 13.6. The predicted octanol–water partition coefficient (Wildman–Crippen LogP) is 5.59. The molecular weight excluding hydrogens is 435 g/mol. The van der Waals surface area contributed by atoms with Crippen LogP contribution in [-0.4, -0.2) is 21.3 Å². The highest BCUT2D eigenvalue weighted by molar-refractivity contribution is 7.80. The molecule has 1 N–H and O–H groups in total. The first-order valence-electron chi connectivity index (χ1n) is 10.8. The molecule has 1 aliphatic rings. The van der Waals surface area contributed by atoms with Crippen LogP contribution in [0.3, 0.4) is 0 Å². The van der Waals surface area contributed by atoms with Crippen LogP contribution < -0.4 is 15.0 Å². The summed E-state index contributed by atoms with van der Waals surface area (Å²) in [4.78, 5) is 6.72. The van der Waals surface area contributed by atoms with Crippen LogP contribution in [0.1, 0.15) is 30.4 Å². The number of nitrogens with one attached hydrogen (secondary N) is 1. The van der Waals surface area contributed by atoms with Gasteiger partial charge in [0.05, 0.1) is 18.3 Å². The van der Waals surface area contributed by atoms with E-state index in [9.17, 15) is 4.39 Å². The first kappa shape index (κ1) is 21.2. The fourth-order valence-electron chi connectivity index (χ4n) is 4.28. The summed E-state index contributed by atoms with van der Waals surface area (Å²) >= 11 is 5.81. The minimum absolute atomic E-state index is 0.167. The first-order chi connectivity index (χ1) is 16.2. The van der Waals surface area contributed by atoms with Gasteiger partial charge in [-0.3, -0.25) is 4.98 Å². The molecule has 2 aromatic heterocycles. The second kappa shape index (κ2) is 9.03. The summed E-state index contributed by atoms with van der Waals surface area (Å²) in [5, 5.41) is 4.09. The maximum Gasteiger partial charge on any atom is 0.174 e. The fourth-order valence-corrected chi connectivity index (χ4v) is 4.62. The summed E-state index contributed by atoms with van der Waals surface area (Å²) in [7, 11) is 0. The Bertz CT molecular complexity index is 1240. The molecule has 7 heteroatoms. The fraction of sp³-hybridized carbons (Fsp3) is 0.154. The molecule has 5 rings (SSSR count). The lowest BCUT2D eigenvalue weighted by molar-refractivity contribution is 0.340. The average molecular weight is 459 g/mol. The van der Waals surface area contributed by atoms with Crippen molar-refractivity contribution in [1.82, 2.24) is 14.9 Å². The number of nitrogens with zero attached hydrogens (tertiary/aromatic N) is 3. The van der Waals surface area contributed by atoms with E-state index in [1.807, 2.05) is 61.7 Å². The molecule has 3 heterocycles. The molecule has 0 amide bonds. The number of hydrogen-bond acceptors (Lipinski definition) is 3. The summed E-state index contributed by atoms with van der Waals surface area (Å²) in [6.45, 7) is 2.57. The Morgan fingerprint density at radius 1 is 0.970 bits per heavy atom.